The van der Waals surface area contributed by atoms with E-state index in [0.29, 0.717) is 0 Å². The van der Waals surface area contributed by atoms with Gasteiger partial charge < -0.3 is 0 Å². The lowest BCUT2D eigenvalue weighted by molar-refractivity contribution is -0.105. The van der Waals surface area contributed by atoms with E-state index in [1.54, 1.807) is 0 Å². The van der Waals surface area contributed by atoms with Gasteiger partial charge in [0.15, 0.2) is 0 Å². The molecule has 14 heavy (non-hydrogen) atoms. The first-order valence-corrected chi connectivity index (χ1v) is 4.97. The SMILES string of the molecule is CC1=C(C=O)CCc2ccc(C)cc21. The molecule has 72 valence electrons. The van der Waals surface area contributed by atoms with Crippen molar-refractivity contribution < 1.29 is 4.79 Å². The van der Waals surface area contributed by atoms with Crippen LogP contribution in [-0.4, -0.2) is 6.29 Å². The number of carbonyl (C=O) groups is 1. The average molecular weight is 186 g/mol. The zero-order chi connectivity index (χ0) is 10.1. The molecule has 0 aromatic heterocycles. The summed E-state index contributed by atoms with van der Waals surface area (Å²) in [6, 6.07) is 6.49. The van der Waals surface area contributed by atoms with Crippen LogP contribution in [0.25, 0.3) is 5.57 Å². The highest BCUT2D eigenvalue weighted by Gasteiger charge is 2.14. The fraction of sp³-hybridized carbons (Fsp3) is 0.308. The molecule has 0 N–H and O–H groups in total. The van der Waals surface area contributed by atoms with Gasteiger partial charge in [-0.3, -0.25) is 4.79 Å². The number of carbonyl (C=O) groups excluding carboxylic acids is 1. The van der Waals surface area contributed by atoms with Gasteiger partial charge in [-0.15, -0.1) is 0 Å². The quantitative estimate of drug-likeness (QED) is 0.616. The fourth-order valence-corrected chi connectivity index (χ4v) is 2.03. The van der Waals surface area contributed by atoms with Gasteiger partial charge in [0.25, 0.3) is 0 Å². The van der Waals surface area contributed by atoms with Crippen LogP contribution in [0.4, 0.5) is 0 Å². The van der Waals surface area contributed by atoms with Gasteiger partial charge in [0.05, 0.1) is 0 Å². The Bertz CT molecular complexity index is 413. The third kappa shape index (κ3) is 1.39. The molecule has 0 unspecified atom stereocenters. The maximum atomic E-state index is 10.8. The van der Waals surface area contributed by atoms with Gasteiger partial charge in [0, 0.05) is 0 Å². The molecule has 0 heterocycles. The second kappa shape index (κ2) is 3.41. The van der Waals surface area contributed by atoms with Crippen LogP contribution in [0.1, 0.15) is 30.0 Å². The highest BCUT2D eigenvalue weighted by atomic mass is 16.1. The van der Waals surface area contributed by atoms with Crippen LogP contribution in [0.5, 0.6) is 0 Å². The summed E-state index contributed by atoms with van der Waals surface area (Å²) in [4.78, 5) is 10.8. The van der Waals surface area contributed by atoms with E-state index in [9.17, 15) is 4.79 Å². The number of hydrogen-bond donors (Lipinski definition) is 0. The number of aldehydes is 1. The zero-order valence-electron chi connectivity index (χ0n) is 8.63. The molecule has 1 aliphatic rings. The van der Waals surface area contributed by atoms with Crippen LogP contribution in [0.15, 0.2) is 23.8 Å². The van der Waals surface area contributed by atoms with Crippen molar-refractivity contribution in [3.8, 4) is 0 Å². The Morgan fingerprint density at radius 3 is 2.71 bits per heavy atom. The topological polar surface area (TPSA) is 17.1 Å². The summed E-state index contributed by atoms with van der Waals surface area (Å²) in [5.41, 5.74) is 6.01. The predicted molar refractivity (Wildman–Crippen MR) is 58.2 cm³/mol. The van der Waals surface area contributed by atoms with E-state index in [-0.39, 0.29) is 0 Å². The maximum absolute atomic E-state index is 10.8. The van der Waals surface area contributed by atoms with E-state index in [1.165, 1.54) is 16.7 Å². The van der Waals surface area contributed by atoms with Crippen LogP contribution in [0, 0.1) is 6.92 Å². The van der Waals surface area contributed by atoms with Gasteiger partial charge >= 0.3 is 0 Å². The molecule has 1 aromatic carbocycles. The van der Waals surface area contributed by atoms with Crippen molar-refractivity contribution in [1.82, 2.24) is 0 Å². The monoisotopic (exact) mass is 186 g/mol. The molecule has 0 amide bonds. The second-order valence-electron chi connectivity index (χ2n) is 3.93. The van der Waals surface area contributed by atoms with E-state index < -0.39 is 0 Å². The lowest BCUT2D eigenvalue weighted by Gasteiger charge is -2.18. The molecule has 1 aromatic rings. The number of aryl methyl sites for hydroxylation is 2. The minimum absolute atomic E-state index is 0.894. The van der Waals surface area contributed by atoms with E-state index >= 15 is 0 Å². The third-order valence-corrected chi connectivity index (χ3v) is 2.96. The molecule has 1 nitrogen and oxygen atoms in total. The largest absolute Gasteiger partial charge is 0.298 e. The predicted octanol–water partition coefficient (Wildman–Crippen LogP) is 2.91. The molecule has 0 radical (unpaired) electrons. The fourth-order valence-electron chi connectivity index (χ4n) is 2.03. The summed E-state index contributed by atoms with van der Waals surface area (Å²) < 4.78 is 0. The van der Waals surface area contributed by atoms with Crippen molar-refractivity contribution in [1.29, 1.82) is 0 Å². The van der Waals surface area contributed by atoms with Crippen LogP contribution in [-0.2, 0) is 11.2 Å². The Morgan fingerprint density at radius 1 is 1.21 bits per heavy atom. The molecule has 0 fully saturated rings. The van der Waals surface area contributed by atoms with Gasteiger partial charge in [-0.2, -0.15) is 0 Å². The first-order valence-electron chi connectivity index (χ1n) is 4.97. The van der Waals surface area contributed by atoms with Gasteiger partial charge in [-0.1, -0.05) is 23.8 Å². The summed E-state index contributed by atoms with van der Waals surface area (Å²) in [6.45, 7) is 4.13. The van der Waals surface area contributed by atoms with Crippen molar-refractivity contribution in [3.63, 3.8) is 0 Å². The Kier molecular flexibility index (Phi) is 2.24. The van der Waals surface area contributed by atoms with Crippen molar-refractivity contribution >= 4 is 11.9 Å². The molecule has 0 bridgehead atoms. The average Bonchev–Trinajstić information content (AvgIpc) is 2.20. The van der Waals surface area contributed by atoms with Gasteiger partial charge in [-0.25, -0.2) is 0 Å². The van der Waals surface area contributed by atoms with Crippen molar-refractivity contribution in [2.24, 2.45) is 0 Å². The number of hydrogen-bond acceptors (Lipinski definition) is 1. The molecule has 2 rings (SSSR count). The number of allylic oxidation sites excluding steroid dienone is 2. The molecule has 0 saturated carbocycles. The number of rotatable bonds is 1. The van der Waals surface area contributed by atoms with Crippen LogP contribution in [0.2, 0.25) is 0 Å². The lowest BCUT2D eigenvalue weighted by atomic mass is 9.86. The Labute approximate surface area is 84.5 Å². The van der Waals surface area contributed by atoms with Crippen molar-refractivity contribution in [2.75, 3.05) is 0 Å². The molecule has 1 heteroatoms. The van der Waals surface area contributed by atoms with E-state index in [2.05, 4.69) is 25.1 Å². The van der Waals surface area contributed by atoms with Crippen molar-refractivity contribution in [2.45, 2.75) is 26.7 Å². The van der Waals surface area contributed by atoms with Crippen LogP contribution < -0.4 is 0 Å². The smallest absolute Gasteiger partial charge is 0.146 e. The van der Waals surface area contributed by atoms with Gasteiger partial charge in [-0.05, 0) is 49.0 Å². The van der Waals surface area contributed by atoms with Gasteiger partial charge in [0.1, 0.15) is 6.29 Å². The molecule has 0 atom stereocenters. The zero-order valence-corrected chi connectivity index (χ0v) is 8.63. The lowest BCUT2D eigenvalue weighted by Crippen LogP contribution is -2.04. The van der Waals surface area contributed by atoms with E-state index in [4.69, 9.17) is 0 Å². The van der Waals surface area contributed by atoms with Crippen LogP contribution >= 0.6 is 0 Å². The molecule has 0 saturated heterocycles. The summed E-state index contributed by atoms with van der Waals surface area (Å²) in [6.07, 6.45) is 2.90. The summed E-state index contributed by atoms with van der Waals surface area (Å²) in [5.74, 6) is 0. The van der Waals surface area contributed by atoms with Crippen LogP contribution in [0.3, 0.4) is 0 Å². The first-order chi connectivity index (χ1) is 6.72. The summed E-state index contributed by atoms with van der Waals surface area (Å²) in [7, 11) is 0. The molecule has 1 aliphatic carbocycles. The van der Waals surface area contributed by atoms with Crippen molar-refractivity contribution in [3.05, 3.63) is 40.5 Å². The maximum Gasteiger partial charge on any atom is 0.146 e. The van der Waals surface area contributed by atoms with E-state index in [0.717, 1.165) is 30.3 Å². The minimum Gasteiger partial charge on any atom is -0.298 e. The summed E-state index contributed by atoms with van der Waals surface area (Å²) >= 11 is 0. The standard InChI is InChI=1S/C13H14O/c1-9-3-4-11-5-6-12(8-14)10(2)13(11)7-9/h3-4,7-8H,5-6H2,1-2H3. The molecular weight excluding hydrogens is 172 g/mol. The Balaban J connectivity index is 2.60. The summed E-state index contributed by atoms with van der Waals surface area (Å²) in [5, 5.41) is 0. The highest BCUT2D eigenvalue weighted by molar-refractivity contribution is 5.89. The number of fused-ring (bicyclic) bond motifs is 1. The Morgan fingerprint density at radius 2 is 2.00 bits per heavy atom. The minimum atomic E-state index is 0.894. The highest BCUT2D eigenvalue weighted by Crippen LogP contribution is 2.30. The molecular formula is C13H14O. The Hall–Kier alpha value is -1.37. The second-order valence-corrected chi connectivity index (χ2v) is 3.93. The molecule has 0 aliphatic heterocycles. The van der Waals surface area contributed by atoms with E-state index in [1.807, 2.05) is 6.92 Å². The molecule has 0 spiro atoms. The number of benzene rings is 1. The third-order valence-electron chi connectivity index (χ3n) is 2.96. The normalized spacial score (nSPS) is 15.3. The van der Waals surface area contributed by atoms with Gasteiger partial charge in [0.2, 0.25) is 0 Å². The first kappa shape index (κ1) is 9.20.